The van der Waals surface area contributed by atoms with Gasteiger partial charge in [0.25, 0.3) is 0 Å². The van der Waals surface area contributed by atoms with Gasteiger partial charge >= 0.3 is 0 Å². The Morgan fingerprint density at radius 1 is 1.47 bits per heavy atom. The number of methoxy groups -OCH3 is 1. The fraction of sp³-hybridized carbons (Fsp3) is 0.625. The molecule has 0 spiro atoms. The lowest BCUT2D eigenvalue weighted by Gasteiger charge is -2.28. The lowest BCUT2D eigenvalue weighted by molar-refractivity contribution is 0.290. The van der Waals surface area contributed by atoms with Crippen LogP contribution >= 0.6 is 15.9 Å². The first-order valence-electron chi connectivity index (χ1n) is 7.15. The predicted molar refractivity (Wildman–Crippen MR) is 83.5 cm³/mol. The highest BCUT2D eigenvalue weighted by atomic mass is 79.9. The van der Waals surface area contributed by atoms with Gasteiger partial charge in [-0.2, -0.15) is 0 Å². The Labute approximate surface area is 124 Å². The summed E-state index contributed by atoms with van der Waals surface area (Å²) in [6.07, 6.45) is 6.26. The molecule has 2 rings (SSSR count). The van der Waals surface area contributed by atoms with E-state index in [2.05, 4.69) is 35.0 Å². The molecule has 1 fully saturated rings. The first-order valence-corrected chi connectivity index (χ1v) is 7.94. The molecule has 0 amide bonds. The van der Waals surface area contributed by atoms with Crippen LogP contribution in [0.15, 0.2) is 22.7 Å². The van der Waals surface area contributed by atoms with Gasteiger partial charge in [0.2, 0.25) is 0 Å². The average molecular weight is 326 g/mol. The van der Waals surface area contributed by atoms with Crippen molar-refractivity contribution in [1.82, 2.24) is 0 Å². The summed E-state index contributed by atoms with van der Waals surface area (Å²) in [4.78, 5) is 0. The van der Waals surface area contributed by atoms with Gasteiger partial charge in [-0.1, -0.05) is 19.4 Å². The molecule has 1 aliphatic carbocycles. The van der Waals surface area contributed by atoms with Gasteiger partial charge in [-0.15, -0.1) is 0 Å². The van der Waals surface area contributed by atoms with Crippen molar-refractivity contribution in [3.05, 3.63) is 28.2 Å². The van der Waals surface area contributed by atoms with Crippen LogP contribution in [0.3, 0.4) is 0 Å². The third-order valence-corrected chi connectivity index (χ3v) is 5.23. The molecule has 0 radical (unpaired) electrons. The molecule has 2 unspecified atom stereocenters. The zero-order valence-electron chi connectivity index (χ0n) is 11.9. The molecule has 0 aromatic heterocycles. The Kier molecular flexibility index (Phi) is 4.91. The van der Waals surface area contributed by atoms with E-state index in [0.29, 0.717) is 5.41 Å². The highest BCUT2D eigenvalue weighted by molar-refractivity contribution is 9.10. The van der Waals surface area contributed by atoms with E-state index in [1.165, 1.54) is 31.2 Å². The third-order valence-electron chi connectivity index (χ3n) is 4.61. The summed E-state index contributed by atoms with van der Waals surface area (Å²) in [5.41, 5.74) is 7.76. The molecule has 106 valence electrons. The number of hydrogen-bond acceptors (Lipinski definition) is 2. The maximum atomic E-state index is 6.09. The molecule has 1 aromatic rings. The smallest absolute Gasteiger partial charge is 0.133 e. The van der Waals surface area contributed by atoms with Crippen LogP contribution in [0, 0.1) is 11.3 Å². The molecule has 2 N–H and O–H groups in total. The summed E-state index contributed by atoms with van der Waals surface area (Å²) in [5.74, 6) is 1.76. The van der Waals surface area contributed by atoms with Crippen molar-refractivity contribution >= 4 is 15.9 Å². The van der Waals surface area contributed by atoms with Crippen molar-refractivity contribution in [1.29, 1.82) is 0 Å². The van der Waals surface area contributed by atoms with Gasteiger partial charge in [-0.3, -0.25) is 0 Å². The first-order chi connectivity index (χ1) is 9.12. The Morgan fingerprint density at radius 3 is 2.79 bits per heavy atom. The zero-order chi connectivity index (χ0) is 13.9. The fourth-order valence-electron chi connectivity index (χ4n) is 3.35. The second-order valence-corrected chi connectivity index (χ2v) is 6.72. The molecule has 3 heteroatoms. The van der Waals surface area contributed by atoms with Gasteiger partial charge in [0.15, 0.2) is 0 Å². The van der Waals surface area contributed by atoms with Crippen LogP contribution in [0.2, 0.25) is 0 Å². The summed E-state index contributed by atoms with van der Waals surface area (Å²) < 4.78 is 6.32. The summed E-state index contributed by atoms with van der Waals surface area (Å²) in [6, 6.07) is 6.38. The van der Waals surface area contributed by atoms with E-state index in [-0.39, 0.29) is 0 Å². The molecular formula is C16H24BrNO. The van der Waals surface area contributed by atoms with Crippen molar-refractivity contribution in [2.75, 3.05) is 13.7 Å². The molecule has 2 nitrogen and oxygen atoms in total. The van der Waals surface area contributed by atoms with E-state index in [1.54, 1.807) is 7.11 Å². The molecule has 0 bridgehead atoms. The minimum Gasteiger partial charge on any atom is -0.496 e. The minimum atomic E-state index is 0.314. The van der Waals surface area contributed by atoms with Gasteiger partial charge < -0.3 is 10.5 Å². The maximum absolute atomic E-state index is 6.09. The molecule has 0 saturated heterocycles. The monoisotopic (exact) mass is 325 g/mol. The number of hydrogen-bond donors (Lipinski definition) is 1. The van der Waals surface area contributed by atoms with Gasteiger partial charge in [0, 0.05) is 0 Å². The van der Waals surface area contributed by atoms with Crippen LogP contribution in [0.25, 0.3) is 0 Å². The summed E-state index contributed by atoms with van der Waals surface area (Å²) >= 11 is 3.57. The largest absolute Gasteiger partial charge is 0.496 e. The molecule has 1 aromatic carbocycles. The highest BCUT2D eigenvalue weighted by Crippen LogP contribution is 2.45. The molecule has 0 heterocycles. The van der Waals surface area contributed by atoms with Crippen LogP contribution in [0.1, 0.15) is 38.2 Å². The van der Waals surface area contributed by atoms with Crippen LogP contribution in [-0.2, 0) is 6.42 Å². The first kappa shape index (κ1) is 14.9. The van der Waals surface area contributed by atoms with E-state index in [0.717, 1.165) is 29.1 Å². The topological polar surface area (TPSA) is 35.2 Å². The Balaban J connectivity index is 2.13. The van der Waals surface area contributed by atoms with Crippen molar-refractivity contribution in [2.45, 2.75) is 39.0 Å². The quantitative estimate of drug-likeness (QED) is 0.882. The lowest BCUT2D eigenvalue weighted by Crippen LogP contribution is -2.30. The average Bonchev–Trinajstić information content (AvgIpc) is 2.83. The maximum Gasteiger partial charge on any atom is 0.133 e. The highest BCUT2D eigenvalue weighted by Gasteiger charge is 2.37. The second kappa shape index (κ2) is 6.27. The molecule has 2 atom stereocenters. The van der Waals surface area contributed by atoms with Crippen molar-refractivity contribution in [2.24, 2.45) is 17.1 Å². The standard InChI is InChI=1S/C16H24BrNO/c1-3-12-6-7-16(9-12,11-18)10-13-4-5-15(19-2)14(17)8-13/h4-5,8,12H,3,6-7,9-11,18H2,1-2H3. The fourth-order valence-corrected chi connectivity index (χ4v) is 3.93. The van der Waals surface area contributed by atoms with Crippen LogP contribution in [0.4, 0.5) is 0 Å². The van der Waals surface area contributed by atoms with Crippen molar-refractivity contribution in [3.8, 4) is 5.75 Å². The van der Waals surface area contributed by atoms with Crippen LogP contribution < -0.4 is 10.5 Å². The van der Waals surface area contributed by atoms with E-state index in [9.17, 15) is 0 Å². The van der Waals surface area contributed by atoms with Gasteiger partial charge in [-0.25, -0.2) is 0 Å². The summed E-state index contributed by atoms with van der Waals surface area (Å²) in [5, 5.41) is 0. The van der Waals surface area contributed by atoms with Crippen molar-refractivity contribution in [3.63, 3.8) is 0 Å². The van der Waals surface area contributed by atoms with Gasteiger partial charge in [-0.05, 0) is 77.2 Å². The van der Waals surface area contributed by atoms with E-state index in [1.807, 2.05) is 6.07 Å². The molecular weight excluding hydrogens is 302 g/mol. The lowest BCUT2D eigenvalue weighted by atomic mass is 9.79. The number of nitrogens with two attached hydrogens (primary N) is 1. The molecule has 1 aliphatic rings. The third kappa shape index (κ3) is 3.32. The Hall–Kier alpha value is -0.540. The van der Waals surface area contributed by atoms with Gasteiger partial charge in [0.05, 0.1) is 11.6 Å². The summed E-state index contributed by atoms with van der Waals surface area (Å²) in [7, 11) is 1.70. The van der Waals surface area contributed by atoms with Crippen LogP contribution in [-0.4, -0.2) is 13.7 Å². The molecule has 1 saturated carbocycles. The Bertz CT molecular complexity index is 435. The molecule has 0 aliphatic heterocycles. The second-order valence-electron chi connectivity index (χ2n) is 5.87. The van der Waals surface area contributed by atoms with Crippen molar-refractivity contribution < 1.29 is 4.74 Å². The van der Waals surface area contributed by atoms with E-state index in [4.69, 9.17) is 10.5 Å². The SMILES string of the molecule is CCC1CCC(CN)(Cc2ccc(OC)c(Br)c2)C1. The number of rotatable bonds is 5. The number of halogens is 1. The normalized spacial score (nSPS) is 26.6. The number of benzene rings is 1. The van der Waals surface area contributed by atoms with E-state index >= 15 is 0 Å². The van der Waals surface area contributed by atoms with E-state index < -0.39 is 0 Å². The predicted octanol–water partition coefficient (Wildman–Crippen LogP) is 4.16. The summed E-state index contributed by atoms with van der Waals surface area (Å²) in [6.45, 7) is 3.09. The molecule has 19 heavy (non-hydrogen) atoms. The van der Waals surface area contributed by atoms with Crippen LogP contribution in [0.5, 0.6) is 5.75 Å². The minimum absolute atomic E-state index is 0.314. The Morgan fingerprint density at radius 2 is 2.26 bits per heavy atom. The number of ether oxygens (including phenoxy) is 1. The zero-order valence-corrected chi connectivity index (χ0v) is 13.5. The van der Waals surface area contributed by atoms with Gasteiger partial charge in [0.1, 0.15) is 5.75 Å².